The second kappa shape index (κ2) is 7.61. The first-order valence-electron chi connectivity index (χ1n) is 10.6. The zero-order chi connectivity index (χ0) is 18.8. The van der Waals surface area contributed by atoms with Crippen LogP contribution in [0.2, 0.25) is 25.2 Å². The molecule has 3 aliphatic rings. The Hall–Kier alpha value is -0.906. The van der Waals surface area contributed by atoms with Crippen molar-refractivity contribution in [2.24, 2.45) is 0 Å². The van der Waals surface area contributed by atoms with Crippen molar-refractivity contribution in [1.82, 2.24) is 4.57 Å². The Morgan fingerprint density at radius 2 is 1.42 bits per heavy atom. The molecule has 0 fully saturated rings. The molecule has 142 valence electrons. The van der Waals surface area contributed by atoms with Gasteiger partial charge >= 0.3 is 0 Å². The van der Waals surface area contributed by atoms with Gasteiger partial charge in [-0.05, 0) is 37.0 Å². The monoisotopic (exact) mass is 383 g/mol. The van der Waals surface area contributed by atoms with E-state index in [9.17, 15) is 0 Å². The lowest BCUT2D eigenvalue weighted by Crippen LogP contribution is -2.80. The van der Waals surface area contributed by atoms with Gasteiger partial charge in [0.2, 0.25) is 0 Å². The van der Waals surface area contributed by atoms with Crippen molar-refractivity contribution in [1.29, 1.82) is 0 Å². The van der Waals surface area contributed by atoms with Crippen LogP contribution in [0.1, 0.15) is 45.1 Å². The molecular weight excluding hydrogens is 346 g/mol. The maximum Gasteiger partial charge on any atom is 0.134 e. The van der Waals surface area contributed by atoms with E-state index >= 15 is 0 Å². The van der Waals surface area contributed by atoms with Gasteiger partial charge in [-0.1, -0.05) is 101 Å². The molecule has 1 nitrogen and oxygen atoms in total. The summed E-state index contributed by atoms with van der Waals surface area (Å²) in [6.07, 6.45) is 15.6. The Bertz CT molecular complexity index is 642. The third-order valence-corrected chi connectivity index (χ3v) is 26.7. The van der Waals surface area contributed by atoms with Crippen molar-refractivity contribution in [3.05, 3.63) is 60.2 Å². The standard InChI is InChI=1S/C23H37NSi2/c1-6-8-19-24(20-9-7-2)26(5)23(21-13-11-10-12-14-21)17-15-22(16-18-23)25(26,3)4/h10-18,22H,6-9,19-20H2,1-5H3. The Balaban J connectivity index is 2.15. The van der Waals surface area contributed by atoms with Gasteiger partial charge in [0, 0.05) is 5.04 Å². The second-order valence-electron chi connectivity index (χ2n) is 8.97. The molecule has 1 aliphatic carbocycles. The summed E-state index contributed by atoms with van der Waals surface area (Å²) >= 11 is 0. The van der Waals surface area contributed by atoms with Crippen molar-refractivity contribution >= 4 is 15.3 Å². The molecule has 0 saturated heterocycles. The van der Waals surface area contributed by atoms with E-state index in [2.05, 4.69) is 92.7 Å². The van der Waals surface area contributed by atoms with Crippen LogP contribution >= 0.6 is 0 Å². The molecule has 1 unspecified atom stereocenters. The molecule has 2 heterocycles. The maximum absolute atomic E-state index is 3.04. The number of unbranched alkanes of at least 4 members (excludes halogenated alkanes) is 2. The minimum absolute atomic E-state index is 0.153. The van der Waals surface area contributed by atoms with E-state index in [1.807, 2.05) is 0 Å². The summed E-state index contributed by atoms with van der Waals surface area (Å²) in [4.78, 5) is 0. The van der Waals surface area contributed by atoms with Gasteiger partial charge in [-0.2, -0.15) is 0 Å². The fraction of sp³-hybridized carbons (Fsp3) is 0.565. The van der Waals surface area contributed by atoms with Crippen LogP contribution in [0.3, 0.4) is 0 Å². The molecule has 26 heavy (non-hydrogen) atoms. The van der Waals surface area contributed by atoms with Crippen LogP contribution in [0, 0.1) is 0 Å². The van der Waals surface area contributed by atoms with Crippen molar-refractivity contribution < 1.29 is 0 Å². The lowest BCUT2D eigenvalue weighted by Gasteiger charge is -2.64. The fourth-order valence-electron chi connectivity index (χ4n) is 5.41. The normalized spacial score (nSPS) is 31.7. The summed E-state index contributed by atoms with van der Waals surface area (Å²) in [7, 11) is -3.19. The molecule has 1 atom stereocenters. The lowest BCUT2D eigenvalue weighted by atomic mass is 9.93. The molecule has 4 rings (SSSR count). The highest BCUT2D eigenvalue weighted by molar-refractivity contribution is 7.42. The molecule has 1 aromatic carbocycles. The lowest BCUT2D eigenvalue weighted by molar-refractivity contribution is 0.392. The molecule has 0 saturated carbocycles. The van der Waals surface area contributed by atoms with Crippen LogP contribution < -0.4 is 0 Å². The van der Waals surface area contributed by atoms with Crippen LogP contribution in [0.15, 0.2) is 54.6 Å². The minimum Gasteiger partial charge on any atom is -0.324 e. The van der Waals surface area contributed by atoms with Gasteiger partial charge in [0.25, 0.3) is 0 Å². The summed E-state index contributed by atoms with van der Waals surface area (Å²) in [5.41, 5.74) is 2.24. The minimum atomic E-state index is -1.74. The first kappa shape index (κ1) is 19.8. The highest BCUT2D eigenvalue weighted by Crippen LogP contribution is 2.55. The summed E-state index contributed by atoms with van der Waals surface area (Å²) in [5.74, 6) is 0. The van der Waals surface area contributed by atoms with Crippen molar-refractivity contribution in [2.45, 2.75) is 69.8 Å². The van der Waals surface area contributed by atoms with E-state index in [0.717, 1.165) is 5.54 Å². The molecule has 0 amide bonds. The van der Waals surface area contributed by atoms with Crippen LogP contribution in [0.4, 0.5) is 0 Å². The molecule has 0 radical (unpaired) electrons. The largest absolute Gasteiger partial charge is 0.324 e. The molecule has 1 aromatic rings. The van der Waals surface area contributed by atoms with Gasteiger partial charge in [-0.25, -0.2) is 0 Å². The van der Waals surface area contributed by atoms with E-state index < -0.39 is 15.3 Å². The van der Waals surface area contributed by atoms with Crippen molar-refractivity contribution in [3.8, 4) is 0 Å². The van der Waals surface area contributed by atoms with Crippen LogP contribution in [0.5, 0.6) is 0 Å². The Kier molecular flexibility index (Phi) is 5.81. The third kappa shape index (κ3) is 2.83. The molecule has 2 aliphatic heterocycles. The molecule has 0 N–H and O–H groups in total. The first-order chi connectivity index (χ1) is 12.4. The van der Waals surface area contributed by atoms with E-state index in [0.29, 0.717) is 0 Å². The topological polar surface area (TPSA) is 3.24 Å². The quantitative estimate of drug-likeness (QED) is 0.379. The summed E-state index contributed by atoms with van der Waals surface area (Å²) < 4.78 is 3.04. The SMILES string of the molecule is CCCCN(CCCC)[Si]1(C)C2(c3ccccc3)C=CC(C=C2)[Si]1(C)C. The fourth-order valence-corrected chi connectivity index (χ4v) is 22.2. The number of rotatable bonds is 8. The average molecular weight is 384 g/mol. The van der Waals surface area contributed by atoms with Gasteiger partial charge in [0.05, 0.1) is 7.59 Å². The smallest absolute Gasteiger partial charge is 0.134 e. The van der Waals surface area contributed by atoms with E-state index in [1.54, 1.807) is 0 Å². The summed E-state index contributed by atoms with van der Waals surface area (Å²) in [6, 6.07) is 11.4. The predicted molar refractivity (Wildman–Crippen MR) is 121 cm³/mol. The van der Waals surface area contributed by atoms with E-state index in [4.69, 9.17) is 0 Å². The Morgan fingerprint density at radius 3 is 1.92 bits per heavy atom. The Morgan fingerprint density at radius 1 is 0.885 bits per heavy atom. The molecule has 2 bridgehead atoms. The van der Waals surface area contributed by atoms with Crippen molar-refractivity contribution in [2.75, 3.05) is 13.1 Å². The Labute approximate surface area is 163 Å². The van der Waals surface area contributed by atoms with Gasteiger partial charge < -0.3 is 4.57 Å². The van der Waals surface area contributed by atoms with Gasteiger partial charge in [-0.3, -0.25) is 0 Å². The number of benzene rings is 1. The van der Waals surface area contributed by atoms with Crippen LogP contribution in [-0.4, -0.2) is 33.0 Å². The summed E-state index contributed by atoms with van der Waals surface area (Å²) in [5, 5.41) is 0.153. The second-order valence-corrected chi connectivity index (χ2v) is 23.5. The average Bonchev–Trinajstić information content (AvgIpc) is 2.67. The number of hydrogen-bond donors (Lipinski definition) is 0. The predicted octanol–water partition coefficient (Wildman–Crippen LogP) is 6.24. The van der Waals surface area contributed by atoms with Crippen molar-refractivity contribution in [3.63, 3.8) is 0 Å². The number of allylic oxidation sites excluding steroid dienone is 4. The number of fused-ring (bicyclic) bond motifs is 1. The zero-order valence-corrected chi connectivity index (χ0v) is 19.5. The van der Waals surface area contributed by atoms with E-state index in [-0.39, 0.29) is 5.04 Å². The first-order valence-corrected chi connectivity index (χ1v) is 17.2. The van der Waals surface area contributed by atoms with Crippen LogP contribution in [-0.2, 0) is 5.04 Å². The van der Waals surface area contributed by atoms with Gasteiger partial charge in [0.15, 0.2) is 0 Å². The third-order valence-electron chi connectivity index (χ3n) is 7.47. The zero-order valence-electron chi connectivity index (χ0n) is 17.5. The number of hydrogen-bond acceptors (Lipinski definition) is 1. The maximum atomic E-state index is 3.04. The molecular formula is C23H37NSi2. The van der Waals surface area contributed by atoms with Gasteiger partial charge in [-0.15, -0.1) is 0 Å². The van der Waals surface area contributed by atoms with Crippen LogP contribution in [0.25, 0.3) is 0 Å². The number of nitrogens with zero attached hydrogens (tertiary/aromatic N) is 1. The molecule has 0 aromatic heterocycles. The van der Waals surface area contributed by atoms with Gasteiger partial charge in [0.1, 0.15) is 7.75 Å². The molecule has 0 spiro atoms. The summed E-state index contributed by atoms with van der Waals surface area (Å²) in [6.45, 7) is 15.4. The highest BCUT2D eigenvalue weighted by Gasteiger charge is 2.66. The highest BCUT2D eigenvalue weighted by atomic mass is 29.3. The van der Waals surface area contributed by atoms with E-state index in [1.165, 1.54) is 44.3 Å². The molecule has 3 heteroatoms.